The highest BCUT2D eigenvalue weighted by Crippen LogP contribution is 2.40. The van der Waals surface area contributed by atoms with E-state index in [1.165, 1.54) is 6.33 Å². The molecule has 0 radical (unpaired) electrons. The lowest BCUT2D eigenvalue weighted by Gasteiger charge is -2.24. The Morgan fingerprint density at radius 1 is 1.36 bits per heavy atom. The van der Waals surface area contributed by atoms with Gasteiger partial charge in [-0.1, -0.05) is 22.4 Å². The molecule has 1 aliphatic heterocycles. The number of hydrogen-bond donors (Lipinski definition) is 1. The zero-order chi connectivity index (χ0) is 18.8. The van der Waals surface area contributed by atoms with E-state index in [0.717, 1.165) is 16.7 Å². The molecule has 138 valence electrons. The summed E-state index contributed by atoms with van der Waals surface area (Å²) in [5.74, 6) is 0.525. The first-order valence-corrected chi connectivity index (χ1v) is 9.71. The fourth-order valence-electron chi connectivity index (χ4n) is 2.57. The highest BCUT2D eigenvalue weighted by atomic mass is 31.1. The molecule has 9 heteroatoms. The number of nitrogen functional groups attached to an aromatic ring is 1. The molecular formula is C16H27N6O2P. The quantitative estimate of drug-likeness (QED) is 0.779. The molecule has 2 N–H and O–H groups in total. The Bertz CT molecular complexity index is 755. The largest absolute Gasteiger partial charge is 0.444 e. The summed E-state index contributed by atoms with van der Waals surface area (Å²) in [4.78, 5) is 22.3. The van der Waals surface area contributed by atoms with E-state index in [2.05, 4.69) is 15.1 Å². The van der Waals surface area contributed by atoms with Gasteiger partial charge in [-0.15, -0.1) is 0 Å². The molecular weight excluding hydrogens is 339 g/mol. The molecule has 0 bridgehead atoms. The highest BCUT2D eigenvalue weighted by Gasteiger charge is 2.32. The van der Waals surface area contributed by atoms with E-state index < -0.39 is 5.60 Å². The Kier molecular flexibility index (Phi) is 5.83. The van der Waals surface area contributed by atoms with Gasteiger partial charge in [0.05, 0.1) is 23.4 Å². The molecule has 2 unspecified atom stereocenters. The second kappa shape index (κ2) is 7.52. The van der Waals surface area contributed by atoms with Crippen molar-refractivity contribution in [3.05, 3.63) is 12.0 Å². The molecule has 2 aromatic heterocycles. The third-order valence-electron chi connectivity index (χ3n) is 3.55. The number of hydrogen-bond acceptors (Lipinski definition) is 6. The minimum Gasteiger partial charge on any atom is -0.444 e. The van der Waals surface area contributed by atoms with Crippen LogP contribution in [0.4, 0.5) is 10.6 Å². The van der Waals surface area contributed by atoms with Crippen LogP contribution in [0.5, 0.6) is 0 Å². The number of anilines is 1. The highest BCUT2D eigenvalue weighted by molar-refractivity contribution is 7.38. The molecule has 0 saturated carbocycles. The average molecular weight is 366 g/mol. The SMILES string of the molecule is CC.Cc1nn(C2CN(C(=O)OC(C)(C)C)CP2)c2ncnc(N)c12. The molecule has 1 aliphatic rings. The molecule has 2 atom stereocenters. The lowest BCUT2D eigenvalue weighted by atomic mass is 10.2. The van der Waals surface area contributed by atoms with Crippen LogP contribution in [0, 0.1) is 6.92 Å². The smallest absolute Gasteiger partial charge is 0.410 e. The number of aromatic nitrogens is 4. The zero-order valence-corrected chi connectivity index (χ0v) is 16.7. The van der Waals surface area contributed by atoms with Crippen LogP contribution >= 0.6 is 8.58 Å². The van der Waals surface area contributed by atoms with Crippen molar-refractivity contribution in [1.82, 2.24) is 24.6 Å². The fraction of sp³-hybridized carbons (Fsp3) is 0.625. The van der Waals surface area contributed by atoms with Gasteiger partial charge < -0.3 is 15.4 Å². The van der Waals surface area contributed by atoms with Gasteiger partial charge in [-0.3, -0.25) is 0 Å². The molecule has 3 rings (SSSR count). The summed E-state index contributed by atoms with van der Waals surface area (Å²) >= 11 is 0. The van der Waals surface area contributed by atoms with Crippen molar-refractivity contribution >= 4 is 31.5 Å². The minimum absolute atomic E-state index is 0.0908. The maximum atomic E-state index is 12.2. The Morgan fingerprint density at radius 2 is 2.04 bits per heavy atom. The number of ether oxygens (including phenoxy) is 1. The predicted molar refractivity (Wildman–Crippen MR) is 101 cm³/mol. The van der Waals surface area contributed by atoms with Crippen LogP contribution in [0.2, 0.25) is 0 Å². The average Bonchev–Trinajstić information content (AvgIpc) is 3.13. The molecule has 3 heterocycles. The van der Waals surface area contributed by atoms with E-state index in [-0.39, 0.29) is 11.9 Å². The molecule has 8 nitrogen and oxygen atoms in total. The molecule has 0 aromatic carbocycles. The monoisotopic (exact) mass is 366 g/mol. The third-order valence-corrected chi connectivity index (χ3v) is 5.01. The summed E-state index contributed by atoms with van der Waals surface area (Å²) in [5, 5.41) is 5.35. The number of carbonyl (C=O) groups is 1. The minimum atomic E-state index is -0.491. The van der Waals surface area contributed by atoms with Crippen LogP contribution in [-0.2, 0) is 4.74 Å². The summed E-state index contributed by atoms with van der Waals surface area (Å²) in [6.07, 6.45) is 1.83. The van der Waals surface area contributed by atoms with Gasteiger partial charge in [-0.2, -0.15) is 5.10 Å². The van der Waals surface area contributed by atoms with Crippen LogP contribution in [0.25, 0.3) is 11.0 Å². The van der Waals surface area contributed by atoms with Crippen LogP contribution < -0.4 is 5.73 Å². The number of amides is 1. The summed E-state index contributed by atoms with van der Waals surface area (Å²) in [7, 11) is 0.534. The van der Waals surface area contributed by atoms with Gasteiger partial charge in [0, 0.05) is 6.29 Å². The van der Waals surface area contributed by atoms with Crippen molar-refractivity contribution in [1.29, 1.82) is 0 Å². The van der Waals surface area contributed by atoms with E-state index in [4.69, 9.17) is 10.5 Å². The maximum absolute atomic E-state index is 12.2. The molecule has 1 saturated heterocycles. The van der Waals surface area contributed by atoms with Crippen LogP contribution in [-0.4, -0.2) is 49.2 Å². The topological polar surface area (TPSA) is 99.2 Å². The summed E-state index contributed by atoms with van der Waals surface area (Å²) in [6, 6.07) is 0. The van der Waals surface area contributed by atoms with Crippen molar-refractivity contribution in [3.63, 3.8) is 0 Å². The standard InChI is InChI=1S/C14H21N6O2P.C2H6/c1-8-10-11(15)16-6-17-12(10)20(18-8)9-5-19(7-23-9)13(21)22-14(2,3)4;1-2/h6,9,23H,5,7H2,1-4H3,(H2,15,16,17);1-2H3. The van der Waals surface area contributed by atoms with Gasteiger partial charge in [0.1, 0.15) is 17.7 Å². The predicted octanol–water partition coefficient (Wildman–Crippen LogP) is 3.13. The lowest BCUT2D eigenvalue weighted by Crippen LogP contribution is -2.35. The number of rotatable bonds is 1. The normalized spacial score (nSPS) is 18.3. The van der Waals surface area contributed by atoms with Crippen LogP contribution in [0.15, 0.2) is 6.33 Å². The zero-order valence-electron chi connectivity index (χ0n) is 15.7. The van der Waals surface area contributed by atoms with E-state index in [0.29, 0.717) is 27.2 Å². The van der Waals surface area contributed by atoms with Gasteiger partial charge in [-0.05, 0) is 27.7 Å². The van der Waals surface area contributed by atoms with Gasteiger partial charge >= 0.3 is 6.09 Å². The van der Waals surface area contributed by atoms with Crippen molar-refractivity contribution in [3.8, 4) is 0 Å². The van der Waals surface area contributed by atoms with Crippen molar-refractivity contribution in [2.45, 2.75) is 52.9 Å². The Hall–Kier alpha value is -1.95. The van der Waals surface area contributed by atoms with Gasteiger partial charge in [0.25, 0.3) is 0 Å². The number of carbonyl (C=O) groups excluding carboxylic acids is 1. The van der Waals surface area contributed by atoms with Crippen molar-refractivity contribution in [2.24, 2.45) is 0 Å². The van der Waals surface area contributed by atoms with Gasteiger partial charge in [0.2, 0.25) is 0 Å². The van der Waals surface area contributed by atoms with E-state index in [9.17, 15) is 4.79 Å². The Balaban J connectivity index is 0.00000109. The molecule has 1 amide bonds. The maximum Gasteiger partial charge on any atom is 0.410 e. The molecule has 0 spiro atoms. The number of nitrogens with two attached hydrogens (primary N) is 1. The number of aryl methyl sites for hydroxylation is 1. The Labute approximate surface area is 149 Å². The lowest BCUT2D eigenvalue weighted by molar-refractivity contribution is 0.0294. The number of nitrogens with zero attached hydrogens (tertiary/aromatic N) is 5. The first-order valence-electron chi connectivity index (χ1n) is 8.43. The van der Waals surface area contributed by atoms with E-state index >= 15 is 0 Å². The first kappa shape index (κ1) is 19.4. The summed E-state index contributed by atoms with van der Waals surface area (Å²) in [6.45, 7) is 12.1. The van der Waals surface area contributed by atoms with Gasteiger partial charge in [0.15, 0.2) is 5.65 Å². The van der Waals surface area contributed by atoms with E-state index in [1.807, 2.05) is 46.2 Å². The van der Waals surface area contributed by atoms with Crippen LogP contribution in [0.3, 0.4) is 0 Å². The van der Waals surface area contributed by atoms with Gasteiger partial charge in [-0.25, -0.2) is 19.4 Å². The summed E-state index contributed by atoms with van der Waals surface area (Å²) < 4.78 is 7.30. The molecule has 25 heavy (non-hydrogen) atoms. The summed E-state index contributed by atoms with van der Waals surface area (Å²) in [5.41, 5.74) is 6.96. The van der Waals surface area contributed by atoms with Crippen LogP contribution in [0.1, 0.15) is 46.1 Å². The fourth-order valence-corrected chi connectivity index (χ4v) is 3.96. The number of fused-ring (bicyclic) bond motifs is 1. The second-order valence-corrected chi connectivity index (χ2v) is 7.96. The van der Waals surface area contributed by atoms with Crippen molar-refractivity contribution < 1.29 is 9.53 Å². The second-order valence-electron chi connectivity index (χ2n) is 6.57. The first-order chi connectivity index (χ1) is 11.8. The molecule has 0 aliphatic carbocycles. The van der Waals surface area contributed by atoms with Crippen molar-refractivity contribution in [2.75, 3.05) is 18.6 Å². The molecule has 1 fully saturated rings. The van der Waals surface area contributed by atoms with E-state index in [1.54, 1.807) is 4.90 Å². The third kappa shape index (κ3) is 4.18. The Morgan fingerprint density at radius 3 is 2.68 bits per heavy atom. The molecule has 2 aromatic rings.